The number of hydrogen-bond acceptors (Lipinski definition) is 5. The molecule has 2 saturated heterocycles. The van der Waals surface area contributed by atoms with Crippen molar-refractivity contribution in [1.82, 2.24) is 13.7 Å². The van der Waals surface area contributed by atoms with Crippen molar-refractivity contribution in [2.45, 2.75) is 25.3 Å². The summed E-state index contributed by atoms with van der Waals surface area (Å²) in [5.74, 6) is 0. The highest BCUT2D eigenvalue weighted by Crippen LogP contribution is 2.19. The van der Waals surface area contributed by atoms with Crippen LogP contribution >= 0.6 is 0 Å². The largest absolute Gasteiger partial charge is 0.371 e. The van der Waals surface area contributed by atoms with Crippen molar-refractivity contribution in [3.63, 3.8) is 0 Å². The summed E-state index contributed by atoms with van der Waals surface area (Å²) in [5, 5.41) is 0. The molecule has 3 rings (SSSR count). The van der Waals surface area contributed by atoms with Crippen LogP contribution in [0.3, 0.4) is 0 Å². The Hall–Kier alpha value is -1.67. The van der Waals surface area contributed by atoms with E-state index in [1.54, 1.807) is 0 Å². The first kappa shape index (κ1) is 11.4. The van der Waals surface area contributed by atoms with E-state index < -0.39 is 23.3 Å². The van der Waals surface area contributed by atoms with Crippen LogP contribution in [-0.2, 0) is 23.1 Å². The minimum absolute atomic E-state index is 0.108. The van der Waals surface area contributed by atoms with E-state index in [0.717, 1.165) is 13.7 Å². The first-order chi connectivity index (χ1) is 8.59. The molecule has 0 bridgehead atoms. The minimum Gasteiger partial charge on any atom is -0.371 e. The van der Waals surface area contributed by atoms with Gasteiger partial charge in [-0.05, 0) is 0 Å². The summed E-state index contributed by atoms with van der Waals surface area (Å²) < 4.78 is 13.1. The van der Waals surface area contributed by atoms with Gasteiger partial charge in [-0.1, -0.05) is 0 Å². The molecule has 0 saturated carbocycles. The van der Waals surface area contributed by atoms with Crippen LogP contribution in [0.2, 0.25) is 0 Å². The Bertz CT molecular complexity index is 647. The summed E-state index contributed by atoms with van der Waals surface area (Å²) in [7, 11) is 1.35. The van der Waals surface area contributed by atoms with Crippen LogP contribution in [0.1, 0.15) is 12.6 Å². The van der Waals surface area contributed by atoms with Gasteiger partial charge in [0.1, 0.15) is 6.23 Å². The van der Waals surface area contributed by atoms with Gasteiger partial charge in [-0.15, -0.1) is 0 Å². The molecule has 98 valence electrons. The lowest BCUT2D eigenvalue weighted by molar-refractivity contribution is -0.106. The number of nitrogens with zero attached hydrogens (tertiary/aromatic N) is 3. The highest BCUT2D eigenvalue weighted by molar-refractivity contribution is 4.84. The standard InChI is InChI=1S/C10H13N3O5/c1-11-8(14)12(4-6-5-18-6)10(16)13(9(11)15)7-2-3-17-7/h6-7H,2-5H2,1H3. The van der Waals surface area contributed by atoms with Gasteiger partial charge >= 0.3 is 17.1 Å². The van der Waals surface area contributed by atoms with E-state index in [1.807, 2.05) is 0 Å². The zero-order valence-electron chi connectivity index (χ0n) is 9.87. The van der Waals surface area contributed by atoms with Gasteiger partial charge < -0.3 is 9.47 Å². The van der Waals surface area contributed by atoms with Crippen LogP contribution in [0.5, 0.6) is 0 Å². The van der Waals surface area contributed by atoms with Crippen LogP contribution in [0.15, 0.2) is 14.4 Å². The molecule has 2 unspecified atom stereocenters. The number of aromatic nitrogens is 3. The van der Waals surface area contributed by atoms with Gasteiger partial charge in [0.15, 0.2) is 0 Å². The smallest absolute Gasteiger partial charge is 0.338 e. The van der Waals surface area contributed by atoms with Crippen LogP contribution in [-0.4, -0.2) is 33.0 Å². The normalized spacial score (nSPS) is 25.8. The molecular formula is C10H13N3O5. The second-order valence-corrected chi connectivity index (χ2v) is 4.46. The fraction of sp³-hybridized carbons (Fsp3) is 0.700. The summed E-state index contributed by atoms with van der Waals surface area (Å²) in [6.07, 6.45) is -0.0559. The summed E-state index contributed by atoms with van der Waals surface area (Å²) in [4.78, 5) is 35.9. The SMILES string of the molecule is Cn1c(=O)n(CC2CO2)c(=O)n(C2CCO2)c1=O. The van der Waals surface area contributed by atoms with E-state index in [2.05, 4.69) is 0 Å². The van der Waals surface area contributed by atoms with E-state index in [-0.39, 0.29) is 12.6 Å². The Morgan fingerprint density at radius 1 is 1.17 bits per heavy atom. The number of epoxide rings is 1. The molecule has 8 heteroatoms. The molecule has 1 aromatic heterocycles. The maximum absolute atomic E-state index is 12.1. The van der Waals surface area contributed by atoms with E-state index >= 15 is 0 Å². The number of hydrogen-bond donors (Lipinski definition) is 0. The fourth-order valence-electron chi connectivity index (χ4n) is 1.92. The third-order valence-corrected chi connectivity index (χ3v) is 3.20. The zero-order chi connectivity index (χ0) is 12.9. The zero-order valence-corrected chi connectivity index (χ0v) is 9.87. The second-order valence-electron chi connectivity index (χ2n) is 4.46. The average molecular weight is 255 g/mol. The molecule has 2 aliphatic rings. The molecule has 0 spiro atoms. The van der Waals surface area contributed by atoms with E-state index in [0.29, 0.717) is 19.6 Å². The minimum atomic E-state index is -0.636. The molecule has 18 heavy (non-hydrogen) atoms. The van der Waals surface area contributed by atoms with Crippen molar-refractivity contribution >= 4 is 0 Å². The lowest BCUT2D eigenvalue weighted by atomic mass is 10.3. The van der Waals surface area contributed by atoms with Gasteiger partial charge in [-0.2, -0.15) is 0 Å². The second kappa shape index (κ2) is 3.92. The van der Waals surface area contributed by atoms with Crippen molar-refractivity contribution in [1.29, 1.82) is 0 Å². The van der Waals surface area contributed by atoms with Crippen molar-refractivity contribution in [2.75, 3.05) is 13.2 Å². The van der Waals surface area contributed by atoms with E-state index in [1.165, 1.54) is 7.05 Å². The van der Waals surface area contributed by atoms with Crippen LogP contribution < -0.4 is 17.1 Å². The summed E-state index contributed by atoms with van der Waals surface area (Å²) in [6.45, 7) is 1.23. The molecule has 8 nitrogen and oxygen atoms in total. The van der Waals surface area contributed by atoms with Crippen molar-refractivity contribution in [3.05, 3.63) is 31.5 Å². The van der Waals surface area contributed by atoms with Gasteiger partial charge in [0, 0.05) is 13.5 Å². The summed E-state index contributed by atoms with van der Waals surface area (Å²) >= 11 is 0. The molecular weight excluding hydrogens is 242 g/mol. The fourth-order valence-corrected chi connectivity index (χ4v) is 1.92. The number of ether oxygens (including phenoxy) is 2. The monoisotopic (exact) mass is 255 g/mol. The Labute approximate surface area is 101 Å². The first-order valence-corrected chi connectivity index (χ1v) is 5.75. The first-order valence-electron chi connectivity index (χ1n) is 5.75. The molecule has 3 heterocycles. The highest BCUT2D eigenvalue weighted by atomic mass is 16.6. The Morgan fingerprint density at radius 3 is 2.33 bits per heavy atom. The quantitative estimate of drug-likeness (QED) is 0.584. The Morgan fingerprint density at radius 2 is 1.83 bits per heavy atom. The third kappa shape index (κ3) is 1.65. The number of rotatable bonds is 3. The summed E-state index contributed by atoms with van der Waals surface area (Å²) in [6, 6.07) is 0. The molecule has 0 aliphatic carbocycles. The lowest BCUT2D eigenvalue weighted by Crippen LogP contribution is -2.56. The van der Waals surface area contributed by atoms with Crippen molar-refractivity contribution in [2.24, 2.45) is 7.05 Å². The van der Waals surface area contributed by atoms with Crippen LogP contribution in [0, 0.1) is 0 Å². The predicted molar refractivity (Wildman–Crippen MR) is 59.5 cm³/mol. The maximum Gasteiger partial charge on any atom is 0.338 e. The molecule has 0 aromatic carbocycles. The van der Waals surface area contributed by atoms with Gasteiger partial charge in [0.25, 0.3) is 0 Å². The van der Waals surface area contributed by atoms with Crippen LogP contribution in [0.4, 0.5) is 0 Å². The average Bonchev–Trinajstić information content (AvgIpc) is 3.09. The van der Waals surface area contributed by atoms with Crippen LogP contribution in [0.25, 0.3) is 0 Å². The molecule has 0 amide bonds. The lowest BCUT2D eigenvalue weighted by Gasteiger charge is -2.27. The topological polar surface area (TPSA) is 87.8 Å². The van der Waals surface area contributed by atoms with Crippen molar-refractivity contribution < 1.29 is 9.47 Å². The van der Waals surface area contributed by atoms with Gasteiger partial charge in [-0.3, -0.25) is 0 Å². The maximum atomic E-state index is 12.1. The Kier molecular flexibility index (Phi) is 2.49. The molecule has 2 fully saturated rings. The Balaban J connectivity index is 2.18. The molecule has 0 radical (unpaired) electrons. The predicted octanol–water partition coefficient (Wildman–Crippen LogP) is -1.97. The molecule has 1 aromatic rings. The molecule has 2 aliphatic heterocycles. The van der Waals surface area contributed by atoms with Crippen molar-refractivity contribution in [3.8, 4) is 0 Å². The summed E-state index contributed by atoms with van der Waals surface area (Å²) in [5.41, 5.74) is -1.87. The van der Waals surface area contributed by atoms with Gasteiger partial charge in [0.2, 0.25) is 0 Å². The molecule has 0 N–H and O–H groups in total. The third-order valence-electron chi connectivity index (χ3n) is 3.20. The van der Waals surface area contributed by atoms with E-state index in [4.69, 9.17) is 9.47 Å². The van der Waals surface area contributed by atoms with Gasteiger partial charge in [-0.25, -0.2) is 28.1 Å². The van der Waals surface area contributed by atoms with Gasteiger partial charge in [0.05, 0.1) is 25.9 Å². The van der Waals surface area contributed by atoms with E-state index in [9.17, 15) is 14.4 Å². The molecule has 2 atom stereocenters. The highest BCUT2D eigenvalue weighted by Gasteiger charge is 2.29.